The van der Waals surface area contributed by atoms with Crippen LogP contribution in [0.1, 0.15) is 322 Å². The second-order valence-corrected chi connectivity index (χ2v) is 25.0. The molecule has 0 aromatic carbocycles. The zero-order chi connectivity index (χ0) is 55.6. The molecule has 0 radical (unpaired) electrons. The van der Waals surface area contributed by atoms with Gasteiger partial charge in [0.1, 0.15) is 19.8 Å². The van der Waals surface area contributed by atoms with Gasteiger partial charge in [-0.3, -0.25) is 18.6 Å². The summed E-state index contributed by atoms with van der Waals surface area (Å²) in [6.45, 7) is 4.47. The monoisotopic (exact) mass is 1090 g/mol. The van der Waals surface area contributed by atoms with E-state index >= 15 is 0 Å². The van der Waals surface area contributed by atoms with Crippen LogP contribution in [-0.4, -0.2) is 74.9 Å². The van der Waals surface area contributed by atoms with Gasteiger partial charge in [-0.2, -0.15) is 0 Å². The van der Waals surface area contributed by atoms with Crippen molar-refractivity contribution in [1.29, 1.82) is 0 Å². The van der Waals surface area contributed by atoms with Crippen molar-refractivity contribution >= 4 is 19.8 Å². The number of phosphoric acid groups is 1. The van der Waals surface area contributed by atoms with E-state index in [1.54, 1.807) is 0 Å². The van der Waals surface area contributed by atoms with E-state index < -0.39 is 26.5 Å². The lowest BCUT2D eigenvalue weighted by Gasteiger charge is -2.24. The van der Waals surface area contributed by atoms with E-state index in [-0.39, 0.29) is 25.6 Å². The number of quaternary nitrogens is 1. The van der Waals surface area contributed by atoms with Gasteiger partial charge in [-0.25, -0.2) is 4.57 Å². The average molecular weight is 1090 g/mol. The van der Waals surface area contributed by atoms with Crippen LogP contribution in [0.25, 0.3) is 0 Å². The third-order valence-corrected chi connectivity index (χ3v) is 15.6. The lowest BCUT2D eigenvalue weighted by atomic mass is 10.0. The summed E-state index contributed by atoms with van der Waals surface area (Å²) < 4.78 is 34.7. The molecule has 2 unspecified atom stereocenters. The third kappa shape index (κ3) is 61.4. The first-order chi connectivity index (χ1) is 37.0. The lowest BCUT2D eigenvalue weighted by molar-refractivity contribution is -0.870. The minimum atomic E-state index is -4.39. The predicted octanol–water partition coefficient (Wildman–Crippen LogP) is 20.7. The molecule has 10 heteroatoms. The third-order valence-electron chi connectivity index (χ3n) is 14.6. The Labute approximate surface area is 471 Å². The zero-order valence-corrected chi connectivity index (χ0v) is 51.9. The highest BCUT2D eigenvalue weighted by molar-refractivity contribution is 7.47. The molecule has 0 heterocycles. The normalized spacial score (nSPS) is 13.4. The van der Waals surface area contributed by atoms with Crippen LogP contribution in [0.5, 0.6) is 0 Å². The number of likely N-dealkylation sites (N-methyl/N-ethyl adjacent to an activating group) is 1. The summed E-state index contributed by atoms with van der Waals surface area (Å²) in [6.07, 6.45) is 72.4. The molecule has 0 fully saturated rings. The summed E-state index contributed by atoms with van der Waals surface area (Å²) in [7, 11) is 1.49. The molecule has 0 bridgehead atoms. The van der Waals surface area contributed by atoms with E-state index in [1.165, 1.54) is 244 Å². The minimum Gasteiger partial charge on any atom is -0.462 e. The van der Waals surface area contributed by atoms with Crippen molar-refractivity contribution in [3.8, 4) is 0 Å². The molecule has 2 atom stereocenters. The first-order valence-corrected chi connectivity index (χ1v) is 34.2. The maximum Gasteiger partial charge on any atom is 0.472 e. The van der Waals surface area contributed by atoms with Crippen molar-refractivity contribution in [1.82, 2.24) is 0 Å². The molecule has 0 aliphatic carbocycles. The first kappa shape index (κ1) is 74.2. The van der Waals surface area contributed by atoms with Crippen LogP contribution in [0, 0.1) is 0 Å². The average Bonchev–Trinajstić information content (AvgIpc) is 3.38. The summed E-state index contributed by atoms with van der Waals surface area (Å²) in [4.78, 5) is 35.8. The molecule has 0 saturated carbocycles. The number of phosphoric ester groups is 1. The van der Waals surface area contributed by atoms with Gasteiger partial charge < -0.3 is 18.9 Å². The van der Waals surface area contributed by atoms with Gasteiger partial charge in [-0.1, -0.05) is 275 Å². The van der Waals surface area contributed by atoms with Crippen LogP contribution in [-0.2, 0) is 32.7 Å². The van der Waals surface area contributed by atoms with Crippen LogP contribution in [0.3, 0.4) is 0 Å². The van der Waals surface area contributed by atoms with Crippen LogP contribution < -0.4 is 0 Å². The van der Waals surface area contributed by atoms with Gasteiger partial charge >= 0.3 is 19.8 Å². The van der Waals surface area contributed by atoms with E-state index in [0.717, 1.165) is 44.9 Å². The van der Waals surface area contributed by atoms with Gasteiger partial charge in [0, 0.05) is 12.8 Å². The Morgan fingerprint density at radius 1 is 0.408 bits per heavy atom. The second-order valence-electron chi connectivity index (χ2n) is 23.5. The van der Waals surface area contributed by atoms with Crippen LogP contribution >= 0.6 is 7.82 Å². The van der Waals surface area contributed by atoms with E-state index in [9.17, 15) is 19.0 Å². The van der Waals surface area contributed by atoms with Crippen LogP contribution in [0.15, 0.2) is 36.5 Å². The van der Waals surface area contributed by atoms with E-state index in [0.29, 0.717) is 23.9 Å². The molecule has 9 nitrogen and oxygen atoms in total. The fourth-order valence-corrected chi connectivity index (χ4v) is 10.3. The van der Waals surface area contributed by atoms with Gasteiger partial charge in [0.2, 0.25) is 0 Å². The number of unbranched alkanes of at least 4 members (excludes halogenated alkanes) is 41. The van der Waals surface area contributed by atoms with Crippen LogP contribution in [0.4, 0.5) is 0 Å². The number of carbonyl (C=O) groups is 2. The predicted molar refractivity (Wildman–Crippen MR) is 326 cm³/mol. The van der Waals surface area contributed by atoms with Gasteiger partial charge in [0.15, 0.2) is 6.10 Å². The molecule has 0 aromatic heterocycles. The maximum atomic E-state index is 12.8. The number of hydrogen-bond donors (Lipinski definition) is 1. The molecule has 0 amide bonds. The lowest BCUT2D eigenvalue weighted by Crippen LogP contribution is -2.37. The molecule has 0 aliphatic heterocycles. The zero-order valence-electron chi connectivity index (χ0n) is 51.0. The maximum absolute atomic E-state index is 12.8. The largest absolute Gasteiger partial charge is 0.472 e. The van der Waals surface area contributed by atoms with Crippen molar-refractivity contribution < 1.29 is 42.1 Å². The standard InChI is InChI=1S/C66H126NO8P/c1-6-8-10-12-14-16-18-20-22-24-26-28-29-30-31-32-33-34-35-36-37-39-40-42-44-46-48-50-52-54-56-58-65(68)72-62-64(63-74-76(70,71)73-61-60-67(3,4)5)75-66(69)59-57-55-53-51-49-47-45-43-41-38-27-25-23-21-19-17-15-13-11-9-7-2/h19,21,24-27,64H,6-18,20,22-23,28-63H2,1-5H3/p+1/b21-19-,26-24-,27-25-. The fraction of sp³-hybridized carbons (Fsp3) is 0.879. The molecule has 0 rings (SSSR count). The number of ether oxygens (including phenoxy) is 2. The van der Waals surface area contributed by atoms with Crippen molar-refractivity contribution in [2.24, 2.45) is 0 Å². The highest BCUT2D eigenvalue weighted by Crippen LogP contribution is 2.43. The van der Waals surface area contributed by atoms with Crippen molar-refractivity contribution in [3.05, 3.63) is 36.5 Å². The smallest absolute Gasteiger partial charge is 0.462 e. The SMILES string of the molecule is CCCCCCC/C=C\C/C=C\CCCCCCCCCCCC(=O)OC(COC(=O)CCCCCCCCCCCCCCCCCCCCC/C=C\CCCCCCCCCC)COP(=O)(O)OCC[N+](C)(C)C. The summed E-state index contributed by atoms with van der Waals surface area (Å²) in [5.41, 5.74) is 0. The molecular weight excluding hydrogens is 966 g/mol. The van der Waals surface area contributed by atoms with Gasteiger partial charge in [-0.05, 0) is 70.6 Å². The molecule has 0 aliphatic rings. The summed E-state index contributed by atoms with van der Waals surface area (Å²) >= 11 is 0. The number of hydrogen-bond acceptors (Lipinski definition) is 7. The molecule has 1 N–H and O–H groups in total. The minimum absolute atomic E-state index is 0.0324. The second kappa shape index (κ2) is 57.9. The number of allylic oxidation sites excluding steroid dienone is 6. The van der Waals surface area contributed by atoms with E-state index in [4.69, 9.17) is 18.5 Å². The number of rotatable bonds is 61. The Hall–Kier alpha value is -1.77. The quantitative estimate of drug-likeness (QED) is 0.0211. The van der Waals surface area contributed by atoms with Gasteiger partial charge in [0.05, 0.1) is 27.7 Å². The summed E-state index contributed by atoms with van der Waals surface area (Å²) in [5.74, 6) is -0.786. The Bertz CT molecular complexity index is 1380. The topological polar surface area (TPSA) is 108 Å². The van der Waals surface area contributed by atoms with Crippen LogP contribution in [0.2, 0.25) is 0 Å². The Balaban J connectivity index is 4.02. The van der Waals surface area contributed by atoms with Crippen molar-refractivity contribution in [2.45, 2.75) is 328 Å². The molecule has 76 heavy (non-hydrogen) atoms. The number of esters is 2. The first-order valence-electron chi connectivity index (χ1n) is 32.7. The highest BCUT2D eigenvalue weighted by Gasteiger charge is 2.27. The van der Waals surface area contributed by atoms with Gasteiger partial charge in [0.25, 0.3) is 0 Å². The van der Waals surface area contributed by atoms with E-state index in [1.807, 2.05) is 21.1 Å². The Morgan fingerprint density at radius 2 is 0.711 bits per heavy atom. The Morgan fingerprint density at radius 3 is 1.05 bits per heavy atom. The summed E-state index contributed by atoms with van der Waals surface area (Å²) in [5, 5.41) is 0. The van der Waals surface area contributed by atoms with E-state index in [2.05, 4.69) is 50.3 Å². The number of nitrogens with zero attached hydrogens (tertiary/aromatic N) is 1. The molecule has 448 valence electrons. The fourth-order valence-electron chi connectivity index (χ4n) is 9.57. The molecule has 0 aromatic rings. The molecule has 0 spiro atoms. The molecular formula is C66H127NO8P+. The number of carbonyl (C=O) groups excluding carboxylic acids is 2. The highest BCUT2D eigenvalue weighted by atomic mass is 31.2. The van der Waals surface area contributed by atoms with Crippen molar-refractivity contribution in [2.75, 3.05) is 47.5 Å². The molecule has 0 saturated heterocycles. The van der Waals surface area contributed by atoms with Gasteiger partial charge in [-0.15, -0.1) is 0 Å². The summed E-state index contributed by atoms with van der Waals surface area (Å²) in [6, 6.07) is 0. The Kier molecular flexibility index (Phi) is 56.6. The van der Waals surface area contributed by atoms with Crippen molar-refractivity contribution in [3.63, 3.8) is 0 Å².